The lowest BCUT2D eigenvalue weighted by atomic mass is 9.97. The molecule has 0 bridgehead atoms. The first-order valence-electron chi connectivity index (χ1n) is 9.05. The normalized spacial score (nSPS) is 26.5. The number of aliphatic hydroxyl groups is 2. The highest BCUT2D eigenvalue weighted by Gasteiger charge is 2.46. The molecule has 1 aromatic heterocycles. The van der Waals surface area contributed by atoms with Crippen LogP contribution in [0.15, 0.2) is 33.7 Å². The lowest BCUT2D eigenvalue weighted by molar-refractivity contribution is -0.242. The molecule has 4 N–H and O–H groups in total. The maximum atomic E-state index is 12.0. The maximum Gasteiger partial charge on any atom is 0.397 e. The Morgan fingerprint density at radius 2 is 1.94 bits per heavy atom. The Balaban J connectivity index is 1.90. The Morgan fingerprint density at radius 1 is 1.23 bits per heavy atom. The van der Waals surface area contributed by atoms with Crippen molar-refractivity contribution in [2.24, 2.45) is 0 Å². The molecule has 0 unspecified atom stereocenters. The van der Waals surface area contributed by atoms with Crippen molar-refractivity contribution in [2.45, 2.75) is 44.5 Å². The summed E-state index contributed by atoms with van der Waals surface area (Å²) >= 11 is 0. The summed E-state index contributed by atoms with van der Waals surface area (Å²) in [6.07, 6.45) is -4.83. The van der Waals surface area contributed by atoms with Crippen LogP contribution in [0.1, 0.15) is 12.5 Å². The van der Waals surface area contributed by atoms with Gasteiger partial charge in [0, 0.05) is 6.92 Å². The summed E-state index contributed by atoms with van der Waals surface area (Å²) in [4.78, 5) is 23.6. The molecule has 2 heterocycles. The molecule has 1 saturated heterocycles. The number of rotatable bonds is 6. The molecule has 170 valence electrons. The summed E-state index contributed by atoms with van der Waals surface area (Å²) in [5, 5.41) is 23.9. The summed E-state index contributed by atoms with van der Waals surface area (Å²) in [6, 6.07) is 3.25. The van der Waals surface area contributed by atoms with Gasteiger partial charge in [0.05, 0.1) is 18.3 Å². The molecule has 3 rings (SSSR count). The van der Waals surface area contributed by atoms with E-state index in [1.165, 1.54) is 25.3 Å². The standard InChI is InChI=1S/C18H21NO11S/c1-8-6-27-17(23)12-5-10(3-4-11(8)12)29-18-14(19-9(2)20)16(22)15(21)13(30-18)7-28-31(24,25)26/h3-6,13-16,18,21-22H,7H2,1-2H3,(H,19,20)(H,24,25,26)/t13-,14-,15-,16-,18-/m1/s1. The quantitative estimate of drug-likeness (QED) is 0.399. The minimum atomic E-state index is -4.83. The molecular weight excluding hydrogens is 438 g/mol. The van der Waals surface area contributed by atoms with E-state index in [-0.39, 0.29) is 11.1 Å². The van der Waals surface area contributed by atoms with Gasteiger partial charge in [-0.15, -0.1) is 0 Å². The van der Waals surface area contributed by atoms with Gasteiger partial charge in [0.2, 0.25) is 12.2 Å². The predicted octanol–water partition coefficient (Wildman–Crippen LogP) is -0.749. The summed E-state index contributed by atoms with van der Waals surface area (Å²) < 4.78 is 50.8. The number of nitrogens with one attached hydrogen (secondary N) is 1. The second-order valence-corrected chi connectivity index (χ2v) is 8.09. The van der Waals surface area contributed by atoms with Crippen molar-refractivity contribution in [1.82, 2.24) is 5.32 Å². The Labute approximate surface area is 176 Å². The van der Waals surface area contributed by atoms with E-state index in [2.05, 4.69) is 9.50 Å². The number of carbonyl (C=O) groups excluding carboxylic acids is 1. The number of carbonyl (C=O) groups is 1. The van der Waals surface area contributed by atoms with Crippen LogP contribution in [0.25, 0.3) is 10.8 Å². The monoisotopic (exact) mass is 459 g/mol. The summed E-state index contributed by atoms with van der Waals surface area (Å²) in [5.41, 5.74) is 0.107. The Bertz CT molecular complexity index is 1130. The van der Waals surface area contributed by atoms with Gasteiger partial charge < -0.3 is 29.4 Å². The van der Waals surface area contributed by atoms with Crippen molar-refractivity contribution in [3.63, 3.8) is 0 Å². The molecule has 31 heavy (non-hydrogen) atoms. The highest BCUT2D eigenvalue weighted by Crippen LogP contribution is 2.27. The van der Waals surface area contributed by atoms with Gasteiger partial charge in [-0.25, -0.2) is 8.98 Å². The van der Waals surface area contributed by atoms with Gasteiger partial charge in [0.15, 0.2) is 0 Å². The second kappa shape index (κ2) is 8.90. The molecule has 1 aromatic carbocycles. The third kappa shape index (κ3) is 5.39. The molecule has 5 atom stereocenters. The Morgan fingerprint density at radius 3 is 2.58 bits per heavy atom. The number of ether oxygens (including phenoxy) is 2. The minimum Gasteiger partial charge on any atom is -0.463 e. The van der Waals surface area contributed by atoms with Crippen LogP contribution in [0, 0.1) is 6.92 Å². The van der Waals surface area contributed by atoms with Gasteiger partial charge in [0.1, 0.15) is 30.1 Å². The zero-order valence-corrected chi connectivity index (χ0v) is 17.2. The first kappa shape index (κ1) is 23.1. The average molecular weight is 459 g/mol. The number of hydrogen-bond donors (Lipinski definition) is 4. The van der Waals surface area contributed by atoms with Gasteiger partial charge in [-0.1, -0.05) is 6.07 Å². The van der Waals surface area contributed by atoms with Gasteiger partial charge in [-0.05, 0) is 30.0 Å². The third-order valence-electron chi connectivity index (χ3n) is 4.68. The molecule has 0 spiro atoms. The first-order chi connectivity index (χ1) is 14.5. The molecule has 2 aromatic rings. The highest BCUT2D eigenvalue weighted by atomic mass is 32.3. The van der Waals surface area contributed by atoms with Gasteiger partial charge in [0.25, 0.3) is 0 Å². The molecule has 1 amide bonds. The zero-order chi connectivity index (χ0) is 22.9. The van der Waals surface area contributed by atoms with Crippen molar-refractivity contribution in [3.05, 3.63) is 40.4 Å². The van der Waals surface area contributed by atoms with Crippen molar-refractivity contribution < 1.29 is 46.1 Å². The van der Waals surface area contributed by atoms with Gasteiger partial charge >= 0.3 is 16.0 Å². The molecule has 0 aliphatic carbocycles. The molecular formula is C18H21NO11S. The number of aryl methyl sites for hydroxylation is 1. The molecule has 0 radical (unpaired) electrons. The molecule has 0 saturated carbocycles. The van der Waals surface area contributed by atoms with E-state index >= 15 is 0 Å². The van der Waals surface area contributed by atoms with E-state index in [1.807, 2.05) is 0 Å². The zero-order valence-electron chi connectivity index (χ0n) is 16.4. The van der Waals surface area contributed by atoms with Crippen LogP contribution in [-0.4, -0.2) is 66.3 Å². The molecule has 1 aliphatic heterocycles. The van der Waals surface area contributed by atoms with Gasteiger partial charge in [-0.3, -0.25) is 9.35 Å². The SMILES string of the molecule is CC(=O)N[C@H]1[C@H](Oc2ccc3c(C)coc(=O)c3c2)O[C@H](COS(=O)(=O)O)[C@@H](O)[C@@H]1O. The van der Waals surface area contributed by atoms with Crippen LogP contribution in [-0.2, 0) is 24.1 Å². The fourth-order valence-electron chi connectivity index (χ4n) is 3.22. The lowest BCUT2D eigenvalue weighted by Gasteiger charge is -2.42. The van der Waals surface area contributed by atoms with Crippen molar-refractivity contribution >= 4 is 27.1 Å². The molecule has 12 nitrogen and oxygen atoms in total. The van der Waals surface area contributed by atoms with E-state index in [4.69, 9.17) is 18.4 Å². The number of hydrogen-bond acceptors (Lipinski definition) is 10. The first-order valence-corrected chi connectivity index (χ1v) is 10.4. The smallest absolute Gasteiger partial charge is 0.397 e. The van der Waals surface area contributed by atoms with Crippen molar-refractivity contribution in [1.29, 1.82) is 0 Å². The Kier molecular flexibility index (Phi) is 6.64. The summed E-state index contributed by atoms with van der Waals surface area (Å²) in [7, 11) is -4.83. The second-order valence-electron chi connectivity index (χ2n) is 6.99. The van der Waals surface area contributed by atoms with E-state index in [9.17, 15) is 28.2 Å². The number of amides is 1. The third-order valence-corrected chi connectivity index (χ3v) is 5.12. The Hall–Kier alpha value is -2.55. The number of benzene rings is 1. The van der Waals surface area contributed by atoms with Crippen LogP contribution in [0.2, 0.25) is 0 Å². The molecule has 13 heteroatoms. The van der Waals surface area contributed by atoms with Crippen LogP contribution >= 0.6 is 0 Å². The lowest BCUT2D eigenvalue weighted by Crippen LogP contribution is -2.65. The van der Waals surface area contributed by atoms with Crippen LogP contribution in [0.5, 0.6) is 5.75 Å². The summed E-state index contributed by atoms with van der Waals surface area (Å²) in [6.45, 7) is 2.10. The predicted molar refractivity (Wildman–Crippen MR) is 104 cm³/mol. The number of aliphatic hydroxyl groups excluding tert-OH is 2. The topological polar surface area (TPSA) is 182 Å². The highest BCUT2D eigenvalue weighted by molar-refractivity contribution is 7.80. The van der Waals surface area contributed by atoms with Crippen LogP contribution < -0.4 is 15.7 Å². The maximum absolute atomic E-state index is 12.0. The van der Waals surface area contributed by atoms with E-state index in [1.54, 1.807) is 13.0 Å². The van der Waals surface area contributed by atoms with Gasteiger partial charge in [-0.2, -0.15) is 8.42 Å². The van der Waals surface area contributed by atoms with E-state index in [0.717, 1.165) is 0 Å². The largest absolute Gasteiger partial charge is 0.463 e. The molecule has 1 fully saturated rings. The molecule has 1 aliphatic rings. The van der Waals surface area contributed by atoms with Crippen molar-refractivity contribution in [3.8, 4) is 5.75 Å². The fourth-order valence-corrected chi connectivity index (χ4v) is 3.53. The average Bonchev–Trinajstić information content (AvgIpc) is 2.68. The summed E-state index contributed by atoms with van der Waals surface area (Å²) in [5.74, 6) is -0.445. The van der Waals surface area contributed by atoms with E-state index in [0.29, 0.717) is 10.9 Å². The number of fused-ring (bicyclic) bond motifs is 1. The van der Waals surface area contributed by atoms with Crippen molar-refractivity contribution in [2.75, 3.05) is 6.61 Å². The van der Waals surface area contributed by atoms with E-state index < -0.39 is 59.2 Å². The van der Waals surface area contributed by atoms with Crippen LogP contribution in [0.4, 0.5) is 0 Å². The fraction of sp³-hybridized carbons (Fsp3) is 0.444. The van der Waals surface area contributed by atoms with Crippen LogP contribution in [0.3, 0.4) is 0 Å². The minimum absolute atomic E-state index is 0.115.